The Morgan fingerprint density at radius 2 is 1.78 bits per heavy atom. The number of thioether (sulfide) groups is 1. The van der Waals surface area contributed by atoms with Gasteiger partial charge in [0.1, 0.15) is 5.69 Å². The summed E-state index contributed by atoms with van der Waals surface area (Å²) in [5.41, 5.74) is 2.65. The number of carbonyl (C=O) groups excluding carboxylic acids is 2. The van der Waals surface area contributed by atoms with E-state index < -0.39 is 0 Å². The highest BCUT2D eigenvalue weighted by Gasteiger charge is 2.29. The van der Waals surface area contributed by atoms with Crippen LogP contribution in [-0.2, 0) is 14.3 Å². The molecule has 166 valence electrons. The first kappa shape index (κ1) is 22.1. The molecule has 0 N–H and O–H groups in total. The molecule has 3 aromatic rings. The third-order valence-corrected chi connectivity index (χ3v) is 6.22. The van der Waals surface area contributed by atoms with Crippen LogP contribution in [0.25, 0.3) is 22.6 Å². The zero-order chi connectivity index (χ0) is 22.3. The third-order valence-electron chi connectivity index (χ3n) is 5.40. The first-order valence-corrected chi connectivity index (χ1v) is 11.8. The summed E-state index contributed by atoms with van der Waals surface area (Å²) in [7, 11) is 0. The number of esters is 1. The largest absolute Gasteiger partial charge is 0.466 e. The van der Waals surface area contributed by atoms with Crippen LogP contribution in [0.5, 0.6) is 0 Å². The number of rotatable bonds is 7. The summed E-state index contributed by atoms with van der Waals surface area (Å²) < 4.78 is 11.2. The molecule has 0 aliphatic carbocycles. The van der Waals surface area contributed by atoms with Gasteiger partial charge in [0.2, 0.25) is 5.91 Å². The Morgan fingerprint density at radius 3 is 2.47 bits per heavy atom. The molecule has 7 heteroatoms. The molecule has 4 rings (SSSR count). The molecule has 0 unspecified atom stereocenters. The molecule has 1 atom stereocenters. The van der Waals surface area contributed by atoms with Gasteiger partial charge in [-0.25, -0.2) is 4.98 Å². The second-order valence-corrected chi connectivity index (χ2v) is 8.54. The quantitative estimate of drug-likeness (QED) is 0.376. The zero-order valence-electron chi connectivity index (χ0n) is 18.0. The van der Waals surface area contributed by atoms with Gasteiger partial charge in [0.15, 0.2) is 5.76 Å². The number of nitrogens with zero attached hydrogens (tertiary/aromatic N) is 2. The van der Waals surface area contributed by atoms with Gasteiger partial charge in [-0.15, -0.1) is 0 Å². The number of ether oxygens (including phenoxy) is 1. The standard InChI is InChI=1S/C25H26N2O4S/c1-2-30-24(29)20-14-9-15-27(16-20)21(28)17-32-25-26-22(18-10-5-3-6-11-18)23(31-25)19-12-7-4-8-13-19/h3-8,10-13,20H,2,9,14-17H2,1H3/t20-/m0/s1. The number of oxazole rings is 1. The SMILES string of the molecule is CCOC(=O)[C@H]1CCCN(C(=O)CSc2nc(-c3ccccc3)c(-c3ccccc3)o2)C1. The van der Waals surface area contributed by atoms with Crippen molar-refractivity contribution in [3.05, 3.63) is 60.7 Å². The summed E-state index contributed by atoms with van der Waals surface area (Å²) >= 11 is 1.28. The van der Waals surface area contributed by atoms with E-state index in [0.717, 1.165) is 29.7 Å². The van der Waals surface area contributed by atoms with E-state index in [1.54, 1.807) is 11.8 Å². The molecule has 1 aliphatic rings. The maximum atomic E-state index is 12.8. The highest BCUT2D eigenvalue weighted by atomic mass is 32.2. The summed E-state index contributed by atoms with van der Waals surface area (Å²) in [5, 5.41) is 0.454. The van der Waals surface area contributed by atoms with Crippen LogP contribution in [0, 0.1) is 5.92 Å². The normalized spacial score (nSPS) is 16.0. The van der Waals surface area contributed by atoms with E-state index in [9.17, 15) is 9.59 Å². The Balaban J connectivity index is 1.47. The van der Waals surface area contributed by atoms with Gasteiger partial charge in [-0.1, -0.05) is 72.4 Å². The second kappa shape index (κ2) is 10.5. The molecular weight excluding hydrogens is 424 g/mol. The van der Waals surface area contributed by atoms with E-state index in [4.69, 9.17) is 14.1 Å². The van der Waals surface area contributed by atoms with Gasteiger partial charge in [-0.3, -0.25) is 9.59 Å². The van der Waals surface area contributed by atoms with Gasteiger partial charge >= 0.3 is 5.97 Å². The number of likely N-dealkylation sites (tertiary alicyclic amines) is 1. The van der Waals surface area contributed by atoms with E-state index >= 15 is 0 Å². The third kappa shape index (κ3) is 5.22. The van der Waals surface area contributed by atoms with Crippen molar-refractivity contribution in [1.29, 1.82) is 0 Å². The molecule has 0 bridgehead atoms. The minimum atomic E-state index is -0.242. The smallest absolute Gasteiger partial charge is 0.310 e. The Bertz CT molecular complexity index is 995. The van der Waals surface area contributed by atoms with Crippen molar-refractivity contribution >= 4 is 23.6 Å². The molecule has 32 heavy (non-hydrogen) atoms. The molecule has 1 aliphatic heterocycles. The van der Waals surface area contributed by atoms with E-state index in [-0.39, 0.29) is 23.5 Å². The predicted octanol–water partition coefficient (Wildman–Crippen LogP) is 4.90. The van der Waals surface area contributed by atoms with E-state index in [1.807, 2.05) is 60.7 Å². The van der Waals surface area contributed by atoms with Crippen LogP contribution in [0.15, 0.2) is 70.3 Å². The molecule has 6 nitrogen and oxygen atoms in total. The number of aromatic nitrogens is 1. The average Bonchev–Trinajstić information content (AvgIpc) is 3.28. The minimum Gasteiger partial charge on any atom is -0.466 e. The van der Waals surface area contributed by atoms with Crippen molar-refractivity contribution in [1.82, 2.24) is 9.88 Å². The number of hydrogen-bond acceptors (Lipinski definition) is 6. The fourth-order valence-corrected chi connectivity index (χ4v) is 4.54. The number of benzene rings is 2. The van der Waals surface area contributed by atoms with Gasteiger partial charge in [0.05, 0.1) is 18.3 Å². The lowest BCUT2D eigenvalue weighted by molar-refractivity contribution is -0.151. The average molecular weight is 451 g/mol. The summed E-state index contributed by atoms with van der Waals surface area (Å²) in [6.45, 7) is 3.22. The molecule has 1 fully saturated rings. The highest BCUT2D eigenvalue weighted by molar-refractivity contribution is 7.99. The monoisotopic (exact) mass is 450 g/mol. The molecule has 1 saturated heterocycles. The number of piperidine rings is 1. The predicted molar refractivity (Wildman–Crippen MR) is 124 cm³/mol. The van der Waals surface area contributed by atoms with Crippen molar-refractivity contribution < 1.29 is 18.7 Å². The summed E-state index contributed by atoms with van der Waals surface area (Å²) in [6.07, 6.45) is 1.56. The highest BCUT2D eigenvalue weighted by Crippen LogP contribution is 2.35. The van der Waals surface area contributed by atoms with Crippen molar-refractivity contribution in [3.63, 3.8) is 0 Å². The Morgan fingerprint density at radius 1 is 1.09 bits per heavy atom. The van der Waals surface area contributed by atoms with Gasteiger partial charge in [-0.2, -0.15) is 0 Å². The number of amides is 1. The van der Waals surface area contributed by atoms with Gasteiger partial charge < -0.3 is 14.1 Å². The van der Waals surface area contributed by atoms with Crippen LogP contribution in [0.3, 0.4) is 0 Å². The number of carbonyl (C=O) groups is 2. The molecule has 2 heterocycles. The van der Waals surface area contributed by atoms with Gasteiger partial charge in [-0.05, 0) is 19.8 Å². The summed E-state index contributed by atoms with van der Waals surface area (Å²) in [5.74, 6) is 0.411. The van der Waals surface area contributed by atoms with Crippen molar-refractivity contribution in [2.24, 2.45) is 5.92 Å². The van der Waals surface area contributed by atoms with E-state index in [2.05, 4.69) is 0 Å². The molecule has 2 aromatic carbocycles. The lowest BCUT2D eigenvalue weighted by Gasteiger charge is -2.31. The van der Waals surface area contributed by atoms with E-state index in [0.29, 0.717) is 30.7 Å². The van der Waals surface area contributed by atoms with Crippen LogP contribution in [-0.4, -0.2) is 47.2 Å². The maximum absolute atomic E-state index is 12.8. The van der Waals surface area contributed by atoms with Gasteiger partial charge in [0.25, 0.3) is 5.22 Å². The molecule has 1 amide bonds. The van der Waals surface area contributed by atoms with Crippen LogP contribution in [0.2, 0.25) is 0 Å². The fourth-order valence-electron chi connectivity index (χ4n) is 3.81. The Labute approximate surface area is 192 Å². The Hall–Kier alpha value is -3.06. The van der Waals surface area contributed by atoms with Crippen molar-refractivity contribution in [2.75, 3.05) is 25.4 Å². The van der Waals surface area contributed by atoms with Crippen molar-refractivity contribution in [2.45, 2.75) is 25.0 Å². The molecular formula is C25H26N2O4S. The second-order valence-electron chi connectivity index (χ2n) is 7.61. The molecule has 1 aromatic heterocycles. The fraction of sp³-hybridized carbons (Fsp3) is 0.320. The minimum absolute atomic E-state index is 0.0234. The van der Waals surface area contributed by atoms with Crippen LogP contribution in [0.4, 0.5) is 0 Å². The van der Waals surface area contributed by atoms with Crippen LogP contribution >= 0.6 is 11.8 Å². The number of hydrogen-bond donors (Lipinski definition) is 0. The Kier molecular flexibility index (Phi) is 7.27. The zero-order valence-corrected chi connectivity index (χ0v) is 18.8. The molecule has 0 spiro atoms. The molecule has 0 radical (unpaired) electrons. The van der Waals surface area contributed by atoms with Gasteiger partial charge in [0, 0.05) is 24.2 Å². The summed E-state index contributed by atoms with van der Waals surface area (Å²) in [6, 6.07) is 19.7. The topological polar surface area (TPSA) is 72.6 Å². The first-order valence-electron chi connectivity index (χ1n) is 10.8. The lowest BCUT2D eigenvalue weighted by atomic mass is 9.98. The first-order chi connectivity index (χ1) is 15.7. The van der Waals surface area contributed by atoms with Crippen LogP contribution < -0.4 is 0 Å². The van der Waals surface area contributed by atoms with E-state index in [1.165, 1.54) is 11.8 Å². The summed E-state index contributed by atoms with van der Waals surface area (Å²) in [4.78, 5) is 31.3. The molecule has 0 saturated carbocycles. The van der Waals surface area contributed by atoms with Crippen LogP contribution in [0.1, 0.15) is 19.8 Å². The van der Waals surface area contributed by atoms with Crippen molar-refractivity contribution in [3.8, 4) is 22.6 Å². The maximum Gasteiger partial charge on any atom is 0.310 e. The lowest BCUT2D eigenvalue weighted by Crippen LogP contribution is -2.43.